The number of aryl methyl sites for hydroxylation is 2. The van der Waals surface area contributed by atoms with Gasteiger partial charge in [-0.1, -0.05) is 40.2 Å². The van der Waals surface area contributed by atoms with E-state index >= 15 is 0 Å². The van der Waals surface area contributed by atoms with Gasteiger partial charge in [0, 0.05) is 23.2 Å². The lowest BCUT2D eigenvalue weighted by molar-refractivity contribution is 0.640. The molecular weight excluding hydrogens is 324 g/mol. The Kier molecular flexibility index (Phi) is 5.43. The molecule has 1 atom stereocenters. The van der Waals surface area contributed by atoms with Gasteiger partial charge in [-0.2, -0.15) is 0 Å². The van der Waals surface area contributed by atoms with Crippen LogP contribution in [-0.2, 0) is 0 Å². The Bertz CT molecular complexity index is 610. The molecule has 2 aromatic rings. The molecule has 2 rings (SSSR count). The van der Waals surface area contributed by atoms with E-state index in [-0.39, 0.29) is 6.04 Å². The third-order valence-electron chi connectivity index (χ3n) is 3.79. The summed E-state index contributed by atoms with van der Waals surface area (Å²) in [6.07, 6.45) is 0. The highest BCUT2D eigenvalue weighted by molar-refractivity contribution is 9.10. The molecule has 0 fully saturated rings. The summed E-state index contributed by atoms with van der Waals surface area (Å²) in [6, 6.07) is 15.2. The first-order valence-corrected chi connectivity index (χ1v) is 8.15. The summed E-state index contributed by atoms with van der Waals surface area (Å²) in [5.74, 6) is 0. The molecule has 0 heterocycles. The number of anilines is 1. The number of likely N-dealkylation sites (N-methyl/N-ethyl adjacent to an activating group) is 1. The largest absolute Gasteiger partial charge is 0.363 e. The second-order valence-corrected chi connectivity index (χ2v) is 6.26. The Labute approximate surface area is 136 Å². The average molecular weight is 347 g/mol. The van der Waals surface area contributed by atoms with Crippen molar-refractivity contribution in [1.82, 2.24) is 0 Å². The van der Waals surface area contributed by atoms with Crippen LogP contribution in [0.1, 0.15) is 29.7 Å². The number of halogens is 1. The molecule has 0 bridgehead atoms. The maximum absolute atomic E-state index is 6.10. The molecule has 0 aliphatic carbocycles. The molecule has 0 spiro atoms. The highest BCUT2D eigenvalue weighted by Crippen LogP contribution is 2.31. The van der Waals surface area contributed by atoms with Crippen LogP contribution >= 0.6 is 15.9 Å². The van der Waals surface area contributed by atoms with Crippen LogP contribution in [0.25, 0.3) is 0 Å². The zero-order valence-electron chi connectivity index (χ0n) is 12.9. The normalized spacial score (nSPS) is 12.2. The minimum atomic E-state index is 0.173. The van der Waals surface area contributed by atoms with E-state index in [4.69, 9.17) is 5.73 Å². The summed E-state index contributed by atoms with van der Waals surface area (Å²) in [7, 11) is 0. The Morgan fingerprint density at radius 1 is 1.10 bits per heavy atom. The molecular formula is C18H23BrN2. The summed E-state index contributed by atoms with van der Waals surface area (Å²) in [4.78, 5) is 2.36. The number of nitrogens with two attached hydrogens (primary N) is 1. The molecule has 2 N–H and O–H groups in total. The number of hydrogen-bond acceptors (Lipinski definition) is 2. The van der Waals surface area contributed by atoms with Crippen molar-refractivity contribution in [3.63, 3.8) is 0 Å². The molecule has 21 heavy (non-hydrogen) atoms. The van der Waals surface area contributed by atoms with Crippen molar-refractivity contribution >= 4 is 21.6 Å². The van der Waals surface area contributed by atoms with Crippen LogP contribution in [0.2, 0.25) is 0 Å². The summed E-state index contributed by atoms with van der Waals surface area (Å²) in [5.41, 5.74) is 11.1. The van der Waals surface area contributed by atoms with Gasteiger partial charge in [-0.3, -0.25) is 0 Å². The average Bonchev–Trinajstić information content (AvgIpc) is 2.45. The first-order chi connectivity index (χ1) is 10.1. The van der Waals surface area contributed by atoms with Gasteiger partial charge in [-0.05, 0) is 55.7 Å². The molecule has 112 valence electrons. The van der Waals surface area contributed by atoms with Gasteiger partial charge in [0.05, 0.1) is 6.04 Å². The summed E-state index contributed by atoms with van der Waals surface area (Å²) in [5, 5.41) is 0. The molecule has 2 nitrogen and oxygen atoms in total. The molecule has 0 aliphatic heterocycles. The van der Waals surface area contributed by atoms with E-state index in [1.165, 1.54) is 22.4 Å². The number of benzene rings is 2. The predicted octanol–water partition coefficient (Wildman–Crippen LogP) is 4.59. The van der Waals surface area contributed by atoms with Crippen molar-refractivity contribution in [1.29, 1.82) is 0 Å². The van der Waals surface area contributed by atoms with Crippen molar-refractivity contribution in [3.8, 4) is 0 Å². The highest BCUT2D eigenvalue weighted by atomic mass is 79.9. The fourth-order valence-electron chi connectivity index (χ4n) is 2.71. The minimum absolute atomic E-state index is 0.173. The summed E-state index contributed by atoms with van der Waals surface area (Å²) in [6.45, 7) is 7.91. The number of rotatable bonds is 5. The van der Waals surface area contributed by atoms with Gasteiger partial charge in [0.25, 0.3) is 0 Å². The van der Waals surface area contributed by atoms with Gasteiger partial charge < -0.3 is 10.6 Å². The van der Waals surface area contributed by atoms with Gasteiger partial charge in [-0.15, -0.1) is 0 Å². The minimum Gasteiger partial charge on any atom is -0.363 e. The van der Waals surface area contributed by atoms with Crippen LogP contribution in [0.5, 0.6) is 0 Å². The van der Waals surface area contributed by atoms with Crippen molar-refractivity contribution in [2.24, 2.45) is 5.73 Å². The van der Waals surface area contributed by atoms with Crippen LogP contribution in [0.3, 0.4) is 0 Å². The molecule has 0 amide bonds. The van der Waals surface area contributed by atoms with E-state index in [9.17, 15) is 0 Å². The van der Waals surface area contributed by atoms with Gasteiger partial charge in [0.15, 0.2) is 0 Å². The first kappa shape index (κ1) is 16.1. The zero-order valence-corrected chi connectivity index (χ0v) is 14.5. The third kappa shape index (κ3) is 3.66. The lowest BCUT2D eigenvalue weighted by atomic mass is 10.0. The molecule has 0 radical (unpaired) electrons. The second kappa shape index (κ2) is 7.10. The fraction of sp³-hybridized carbons (Fsp3) is 0.333. The molecule has 3 heteroatoms. The van der Waals surface area contributed by atoms with Crippen LogP contribution in [0, 0.1) is 13.8 Å². The third-order valence-corrected chi connectivity index (χ3v) is 4.48. The molecule has 0 aromatic heterocycles. The molecule has 0 saturated carbocycles. The van der Waals surface area contributed by atoms with Gasteiger partial charge in [0.1, 0.15) is 0 Å². The van der Waals surface area contributed by atoms with E-state index in [0.29, 0.717) is 6.54 Å². The van der Waals surface area contributed by atoms with Gasteiger partial charge in [0.2, 0.25) is 0 Å². The van der Waals surface area contributed by atoms with Crippen LogP contribution < -0.4 is 10.6 Å². The van der Waals surface area contributed by atoms with Gasteiger partial charge >= 0.3 is 0 Å². The standard InChI is InChI=1S/C18H23BrN2/c1-4-21(15-7-5-6-13(2)10-15)18(12-20)16-9-8-14(3)11-17(16)19/h5-11,18H,4,12,20H2,1-3H3. The Morgan fingerprint density at radius 2 is 1.81 bits per heavy atom. The van der Waals surface area contributed by atoms with E-state index in [1.54, 1.807) is 0 Å². The van der Waals surface area contributed by atoms with E-state index in [2.05, 4.69) is 84.1 Å². The number of hydrogen-bond donors (Lipinski definition) is 1. The Morgan fingerprint density at radius 3 is 2.38 bits per heavy atom. The van der Waals surface area contributed by atoms with Crippen molar-refractivity contribution in [2.75, 3.05) is 18.0 Å². The molecule has 0 saturated heterocycles. The van der Waals surface area contributed by atoms with E-state index < -0.39 is 0 Å². The van der Waals surface area contributed by atoms with Crippen LogP contribution in [0.4, 0.5) is 5.69 Å². The Hall–Kier alpha value is -1.32. The zero-order chi connectivity index (χ0) is 15.4. The highest BCUT2D eigenvalue weighted by Gasteiger charge is 2.20. The van der Waals surface area contributed by atoms with Crippen molar-refractivity contribution in [3.05, 3.63) is 63.6 Å². The summed E-state index contributed by atoms with van der Waals surface area (Å²) >= 11 is 3.69. The van der Waals surface area contributed by atoms with Crippen molar-refractivity contribution in [2.45, 2.75) is 26.8 Å². The lowest BCUT2D eigenvalue weighted by Gasteiger charge is -2.33. The van der Waals surface area contributed by atoms with E-state index in [1.807, 2.05) is 0 Å². The monoisotopic (exact) mass is 346 g/mol. The second-order valence-electron chi connectivity index (χ2n) is 5.40. The van der Waals surface area contributed by atoms with E-state index in [0.717, 1.165) is 11.0 Å². The lowest BCUT2D eigenvalue weighted by Crippen LogP contribution is -2.34. The van der Waals surface area contributed by atoms with Crippen LogP contribution in [-0.4, -0.2) is 13.1 Å². The fourth-order valence-corrected chi connectivity index (χ4v) is 3.47. The first-order valence-electron chi connectivity index (χ1n) is 7.36. The molecule has 2 aromatic carbocycles. The van der Waals surface area contributed by atoms with Crippen molar-refractivity contribution < 1.29 is 0 Å². The quantitative estimate of drug-likeness (QED) is 0.857. The molecule has 1 unspecified atom stereocenters. The van der Waals surface area contributed by atoms with Crippen LogP contribution in [0.15, 0.2) is 46.9 Å². The smallest absolute Gasteiger partial charge is 0.0675 e. The predicted molar refractivity (Wildman–Crippen MR) is 94.9 cm³/mol. The maximum atomic E-state index is 6.10. The van der Waals surface area contributed by atoms with Gasteiger partial charge in [-0.25, -0.2) is 0 Å². The maximum Gasteiger partial charge on any atom is 0.0675 e. The Balaban J connectivity index is 2.42. The number of nitrogens with zero attached hydrogens (tertiary/aromatic N) is 1. The SMILES string of the molecule is CCN(c1cccc(C)c1)C(CN)c1ccc(C)cc1Br. The topological polar surface area (TPSA) is 29.3 Å². The summed E-state index contributed by atoms with van der Waals surface area (Å²) < 4.78 is 1.13. The molecule has 0 aliphatic rings.